The number of nitrogens with zero attached hydrogens (tertiary/aromatic N) is 1. The Morgan fingerprint density at radius 1 is 1.00 bits per heavy atom. The molecule has 1 aliphatic heterocycles. The third-order valence-electron chi connectivity index (χ3n) is 4.11. The van der Waals surface area contributed by atoms with Crippen molar-refractivity contribution in [1.29, 1.82) is 0 Å². The average molecular weight is 335 g/mol. The maximum absolute atomic E-state index is 11.7. The Kier molecular flexibility index (Phi) is 3.98. The van der Waals surface area contributed by atoms with E-state index in [0.29, 0.717) is 42.6 Å². The Hall–Kier alpha value is -3.08. The summed E-state index contributed by atoms with van der Waals surface area (Å²) in [6.07, 6.45) is 2.18. The Balaban J connectivity index is 1.61. The van der Waals surface area contributed by atoms with Gasteiger partial charge in [0.2, 0.25) is 5.89 Å². The Morgan fingerprint density at radius 2 is 1.72 bits per heavy atom. The van der Waals surface area contributed by atoms with Gasteiger partial charge in [-0.2, -0.15) is 0 Å². The van der Waals surface area contributed by atoms with Crippen molar-refractivity contribution in [3.8, 4) is 34.3 Å². The third-order valence-corrected chi connectivity index (χ3v) is 4.11. The molecule has 0 N–H and O–H groups in total. The molecular weight excluding hydrogens is 318 g/mol. The van der Waals surface area contributed by atoms with Gasteiger partial charge >= 0.3 is 0 Å². The smallest absolute Gasteiger partial charge is 0.226 e. The van der Waals surface area contributed by atoms with Crippen molar-refractivity contribution in [1.82, 2.24) is 4.98 Å². The molecule has 0 saturated heterocycles. The molecule has 126 valence electrons. The van der Waals surface area contributed by atoms with E-state index in [1.807, 2.05) is 37.3 Å². The second-order valence-electron chi connectivity index (χ2n) is 5.74. The van der Waals surface area contributed by atoms with Crippen LogP contribution in [0.15, 0.2) is 53.1 Å². The predicted octanol–water partition coefficient (Wildman–Crippen LogP) is 4.37. The Morgan fingerprint density at radius 3 is 2.48 bits per heavy atom. The number of oxazole rings is 1. The van der Waals surface area contributed by atoms with Crippen LogP contribution >= 0.6 is 0 Å². The summed E-state index contributed by atoms with van der Waals surface area (Å²) in [5.41, 5.74) is 2.40. The minimum atomic E-state index is 0.121. The lowest BCUT2D eigenvalue weighted by atomic mass is 10.1. The van der Waals surface area contributed by atoms with Gasteiger partial charge in [0, 0.05) is 23.1 Å². The zero-order valence-electron chi connectivity index (χ0n) is 13.8. The number of ketones is 1. The lowest BCUT2D eigenvalue weighted by Gasteiger charge is -2.18. The van der Waals surface area contributed by atoms with Gasteiger partial charge in [0.1, 0.15) is 13.2 Å². The van der Waals surface area contributed by atoms with Crippen LogP contribution in [0.25, 0.3) is 22.8 Å². The molecule has 1 aliphatic rings. The van der Waals surface area contributed by atoms with Crippen molar-refractivity contribution >= 4 is 5.78 Å². The molecule has 0 atom stereocenters. The SMILES string of the molecule is CCC(=O)c1ccc(-c2ncc(-c3ccc4c(c3)OCCO4)o2)cc1. The topological polar surface area (TPSA) is 61.6 Å². The van der Waals surface area contributed by atoms with Gasteiger partial charge in [0.25, 0.3) is 0 Å². The van der Waals surface area contributed by atoms with E-state index in [0.717, 1.165) is 16.9 Å². The molecular formula is C20H17NO4. The minimum Gasteiger partial charge on any atom is -0.486 e. The molecule has 5 heteroatoms. The number of carbonyl (C=O) groups is 1. The van der Waals surface area contributed by atoms with E-state index in [1.54, 1.807) is 18.3 Å². The zero-order chi connectivity index (χ0) is 17.2. The van der Waals surface area contributed by atoms with E-state index in [4.69, 9.17) is 13.9 Å². The summed E-state index contributed by atoms with van der Waals surface area (Å²) in [4.78, 5) is 16.1. The molecule has 0 spiro atoms. The number of hydrogen-bond donors (Lipinski definition) is 0. The summed E-state index contributed by atoms with van der Waals surface area (Å²) in [7, 11) is 0. The molecule has 0 saturated carbocycles. The summed E-state index contributed by atoms with van der Waals surface area (Å²) in [5, 5.41) is 0. The number of ether oxygens (including phenoxy) is 2. The highest BCUT2D eigenvalue weighted by Gasteiger charge is 2.15. The van der Waals surface area contributed by atoms with Crippen LogP contribution in [0.4, 0.5) is 0 Å². The van der Waals surface area contributed by atoms with Crippen LogP contribution in [0.5, 0.6) is 11.5 Å². The van der Waals surface area contributed by atoms with Crippen LogP contribution < -0.4 is 9.47 Å². The predicted molar refractivity (Wildman–Crippen MR) is 93.0 cm³/mol. The molecule has 4 rings (SSSR count). The van der Waals surface area contributed by atoms with Crippen LogP contribution in [0.3, 0.4) is 0 Å². The van der Waals surface area contributed by atoms with E-state index < -0.39 is 0 Å². The number of benzene rings is 2. The van der Waals surface area contributed by atoms with Crippen molar-refractivity contribution in [2.24, 2.45) is 0 Å². The van der Waals surface area contributed by atoms with Crippen LogP contribution in [0.2, 0.25) is 0 Å². The van der Waals surface area contributed by atoms with Gasteiger partial charge < -0.3 is 13.9 Å². The fraction of sp³-hybridized carbons (Fsp3) is 0.200. The standard InChI is InChI=1S/C20H17NO4/c1-2-16(22)13-3-5-14(6-4-13)20-21-12-19(25-20)15-7-8-17-18(11-15)24-10-9-23-17/h3-8,11-12H,2,9-10H2,1H3. The second-order valence-corrected chi connectivity index (χ2v) is 5.74. The average Bonchev–Trinajstić information content (AvgIpc) is 3.17. The first-order valence-electron chi connectivity index (χ1n) is 8.24. The van der Waals surface area contributed by atoms with E-state index in [9.17, 15) is 4.79 Å². The fourth-order valence-corrected chi connectivity index (χ4v) is 2.74. The fourth-order valence-electron chi connectivity index (χ4n) is 2.74. The monoisotopic (exact) mass is 335 g/mol. The molecule has 0 fully saturated rings. The van der Waals surface area contributed by atoms with Crippen LogP contribution in [0.1, 0.15) is 23.7 Å². The highest BCUT2D eigenvalue weighted by Crippen LogP contribution is 2.35. The molecule has 2 aromatic carbocycles. The van der Waals surface area contributed by atoms with Crippen LogP contribution in [-0.2, 0) is 0 Å². The lowest BCUT2D eigenvalue weighted by molar-refractivity contribution is 0.0988. The van der Waals surface area contributed by atoms with Crippen molar-refractivity contribution in [2.75, 3.05) is 13.2 Å². The molecule has 3 aromatic rings. The molecule has 5 nitrogen and oxygen atoms in total. The van der Waals surface area contributed by atoms with Gasteiger partial charge in [-0.05, 0) is 30.3 Å². The first-order valence-corrected chi connectivity index (χ1v) is 8.24. The number of carbonyl (C=O) groups excluding carboxylic acids is 1. The summed E-state index contributed by atoms with van der Waals surface area (Å²) in [5.74, 6) is 2.74. The normalized spacial score (nSPS) is 12.8. The maximum atomic E-state index is 11.7. The molecule has 0 amide bonds. The molecule has 25 heavy (non-hydrogen) atoms. The van der Waals surface area contributed by atoms with E-state index in [1.165, 1.54) is 0 Å². The highest BCUT2D eigenvalue weighted by atomic mass is 16.6. The number of fused-ring (bicyclic) bond motifs is 1. The van der Waals surface area contributed by atoms with Crippen molar-refractivity contribution < 1.29 is 18.7 Å². The Labute approximate surface area is 145 Å². The lowest BCUT2D eigenvalue weighted by Crippen LogP contribution is -2.15. The first-order chi connectivity index (χ1) is 12.2. The molecule has 2 heterocycles. The molecule has 0 radical (unpaired) electrons. The first kappa shape index (κ1) is 15.4. The molecule has 0 unspecified atom stereocenters. The van der Waals surface area contributed by atoms with Crippen molar-refractivity contribution in [3.63, 3.8) is 0 Å². The van der Waals surface area contributed by atoms with Gasteiger partial charge in [0.05, 0.1) is 6.20 Å². The zero-order valence-corrected chi connectivity index (χ0v) is 13.8. The number of hydrogen-bond acceptors (Lipinski definition) is 5. The van der Waals surface area contributed by atoms with Gasteiger partial charge in [-0.3, -0.25) is 4.79 Å². The summed E-state index contributed by atoms with van der Waals surface area (Å²) in [6, 6.07) is 13.0. The minimum absolute atomic E-state index is 0.121. The quantitative estimate of drug-likeness (QED) is 0.662. The highest BCUT2D eigenvalue weighted by molar-refractivity contribution is 5.96. The van der Waals surface area contributed by atoms with Gasteiger partial charge in [-0.1, -0.05) is 19.1 Å². The molecule has 0 aliphatic carbocycles. The van der Waals surface area contributed by atoms with E-state index in [-0.39, 0.29) is 5.78 Å². The molecule has 1 aromatic heterocycles. The van der Waals surface area contributed by atoms with Crippen LogP contribution in [0, 0.1) is 0 Å². The van der Waals surface area contributed by atoms with Gasteiger partial charge in [-0.15, -0.1) is 0 Å². The largest absolute Gasteiger partial charge is 0.486 e. The second kappa shape index (κ2) is 6.43. The Bertz CT molecular complexity index is 912. The summed E-state index contributed by atoms with van der Waals surface area (Å²) < 4.78 is 17.0. The summed E-state index contributed by atoms with van der Waals surface area (Å²) >= 11 is 0. The van der Waals surface area contributed by atoms with Crippen molar-refractivity contribution in [2.45, 2.75) is 13.3 Å². The summed E-state index contributed by atoms with van der Waals surface area (Å²) in [6.45, 7) is 2.96. The van der Waals surface area contributed by atoms with Crippen LogP contribution in [-0.4, -0.2) is 24.0 Å². The molecule has 0 bridgehead atoms. The number of rotatable bonds is 4. The van der Waals surface area contributed by atoms with E-state index >= 15 is 0 Å². The van der Waals surface area contributed by atoms with Crippen molar-refractivity contribution in [3.05, 3.63) is 54.2 Å². The third kappa shape index (κ3) is 3.01. The maximum Gasteiger partial charge on any atom is 0.226 e. The van der Waals surface area contributed by atoms with Gasteiger partial charge in [0.15, 0.2) is 23.0 Å². The number of Topliss-reactive ketones (excluding diaryl/α,β-unsaturated/α-hetero) is 1. The van der Waals surface area contributed by atoms with E-state index in [2.05, 4.69) is 4.98 Å². The number of aromatic nitrogens is 1. The van der Waals surface area contributed by atoms with Gasteiger partial charge in [-0.25, -0.2) is 4.98 Å².